The van der Waals surface area contributed by atoms with Crippen molar-refractivity contribution >= 4 is 11.7 Å². The number of hydrogen-bond donors (Lipinski definition) is 1. The Balaban J connectivity index is 1.51. The van der Waals surface area contributed by atoms with E-state index in [0.717, 1.165) is 11.3 Å². The number of likely N-dealkylation sites (N-methyl/N-ethyl adjacent to an activating group) is 1. The van der Waals surface area contributed by atoms with Gasteiger partial charge in [-0.25, -0.2) is 0 Å². The van der Waals surface area contributed by atoms with Crippen molar-refractivity contribution in [1.29, 1.82) is 0 Å². The number of likely N-dealkylation sites (tertiary alicyclic amines) is 1. The van der Waals surface area contributed by atoms with E-state index in [1.807, 2.05) is 24.1 Å². The third kappa shape index (κ3) is 4.69. The standard InChI is InChI=1S/C27H33F2N3O3/c1-5-27(28,29)23(33)21-10-11-22-26(30(4)16-17-32(21)22)12-14-31(15-13-26)24(34)20-8-6-19(7-9-20)18-25(2,3)35/h5-11,35H,1,12-18H2,2-4H3. The minimum Gasteiger partial charge on any atom is -0.390 e. The number of nitrogens with zero attached hydrogens (tertiary/aromatic N) is 3. The third-order valence-electron chi connectivity index (χ3n) is 7.35. The average molecular weight is 486 g/mol. The summed E-state index contributed by atoms with van der Waals surface area (Å²) in [4.78, 5) is 29.7. The quantitative estimate of drug-likeness (QED) is 0.498. The van der Waals surface area contributed by atoms with Crippen molar-refractivity contribution < 1.29 is 23.5 Å². The lowest BCUT2D eigenvalue weighted by Gasteiger charge is -2.50. The van der Waals surface area contributed by atoms with E-state index in [9.17, 15) is 23.5 Å². The van der Waals surface area contributed by atoms with Gasteiger partial charge in [0.1, 0.15) is 0 Å². The summed E-state index contributed by atoms with van der Waals surface area (Å²) < 4.78 is 29.8. The normalized spacial score (nSPS) is 18.4. The molecule has 8 heteroatoms. The number of rotatable bonds is 6. The molecular weight excluding hydrogens is 452 g/mol. The summed E-state index contributed by atoms with van der Waals surface area (Å²) in [6.07, 6.45) is 2.17. The molecule has 0 unspecified atom stereocenters. The van der Waals surface area contributed by atoms with Crippen LogP contribution in [0.1, 0.15) is 58.8 Å². The fourth-order valence-corrected chi connectivity index (χ4v) is 5.40. The maximum atomic E-state index is 14.0. The molecule has 188 valence electrons. The van der Waals surface area contributed by atoms with Crippen molar-refractivity contribution in [2.45, 2.75) is 56.7 Å². The number of Topliss-reactive ketones (excluding diaryl/α,β-unsaturated/α-hetero) is 1. The van der Waals surface area contributed by atoms with E-state index in [-0.39, 0.29) is 11.6 Å². The lowest BCUT2D eigenvalue weighted by atomic mass is 9.81. The number of piperidine rings is 1. The van der Waals surface area contributed by atoms with Gasteiger partial charge < -0.3 is 14.6 Å². The number of allylic oxidation sites excluding steroid dienone is 1. The molecule has 0 saturated carbocycles. The summed E-state index contributed by atoms with van der Waals surface area (Å²) >= 11 is 0. The molecule has 2 aliphatic heterocycles. The Kier molecular flexibility index (Phi) is 6.49. The second kappa shape index (κ2) is 8.99. The Bertz CT molecular complexity index is 1120. The van der Waals surface area contributed by atoms with Gasteiger partial charge in [0.05, 0.1) is 16.8 Å². The predicted octanol–water partition coefficient (Wildman–Crippen LogP) is 3.88. The molecule has 0 aliphatic carbocycles. The molecule has 0 radical (unpaired) electrons. The van der Waals surface area contributed by atoms with Gasteiger partial charge in [0, 0.05) is 43.9 Å². The van der Waals surface area contributed by atoms with Gasteiger partial charge in [0.15, 0.2) is 0 Å². The number of fused-ring (bicyclic) bond motifs is 2. The average Bonchev–Trinajstić information content (AvgIpc) is 3.25. The van der Waals surface area contributed by atoms with Gasteiger partial charge in [0.25, 0.3) is 11.7 Å². The summed E-state index contributed by atoms with van der Waals surface area (Å²) in [6.45, 7) is 8.72. The van der Waals surface area contributed by atoms with Crippen LogP contribution in [0.3, 0.4) is 0 Å². The Morgan fingerprint density at radius 3 is 2.26 bits per heavy atom. The van der Waals surface area contributed by atoms with E-state index in [4.69, 9.17) is 0 Å². The van der Waals surface area contributed by atoms with Crippen LogP contribution in [0, 0.1) is 0 Å². The Hall–Kier alpha value is -2.84. The number of alkyl halides is 2. The maximum absolute atomic E-state index is 14.0. The van der Waals surface area contributed by atoms with E-state index < -0.39 is 22.8 Å². The van der Waals surface area contributed by atoms with Gasteiger partial charge in [-0.1, -0.05) is 18.7 Å². The van der Waals surface area contributed by atoms with Crippen LogP contribution in [0.2, 0.25) is 0 Å². The molecule has 6 nitrogen and oxygen atoms in total. The Labute approximate surface area is 204 Å². The van der Waals surface area contributed by atoms with Crippen molar-refractivity contribution in [3.8, 4) is 0 Å². The van der Waals surface area contributed by atoms with Crippen LogP contribution in [0.15, 0.2) is 49.1 Å². The molecule has 1 amide bonds. The van der Waals surface area contributed by atoms with Crippen molar-refractivity contribution in [2.24, 2.45) is 0 Å². The topological polar surface area (TPSA) is 65.8 Å². The molecule has 1 N–H and O–H groups in total. The van der Waals surface area contributed by atoms with Crippen LogP contribution in [-0.2, 0) is 18.5 Å². The number of benzene rings is 1. The monoisotopic (exact) mass is 485 g/mol. The molecule has 35 heavy (non-hydrogen) atoms. The molecule has 2 aliphatic rings. The molecule has 1 aromatic heterocycles. The number of halogens is 2. The van der Waals surface area contributed by atoms with E-state index in [1.54, 1.807) is 36.6 Å². The van der Waals surface area contributed by atoms with Crippen LogP contribution < -0.4 is 0 Å². The Morgan fingerprint density at radius 1 is 1.06 bits per heavy atom. The van der Waals surface area contributed by atoms with Gasteiger partial charge in [-0.05, 0) is 69.6 Å². The van der Waals surface area contributed by atoms with Crippen molar-refractivity contribution in [1.82, 2.24) is 14.4 Å². The molecule has 3 heterocycles. The van der Waals surface area contributed by atoms with Crippen molar-refractivity contribution in [2.75, 3.05) is 26.7 Å². The molecule has 1 saturated heterocycles. The summed E-state index contributed by atoms with van der Waals surface area (Å²) in [5.41, 5.74) is 1.17. The smallest absolute Gasteiger partial charge is 0.329 e. The number of hydrogen-bond acceptors (Lipinski definition) is 4. The molecule has 1 aromatic carbocycles. The largest absolute Gasteiger partial charge is 0.390 e. The number of ketones is 1. The third-order valence-corrected chi connectivity index (χ3v) is 7.35. The van der Waals surface area contributed by atoms with Crippen molar-refractivity contribution in [3.05, 3.63) is 71.6 Å². The number of aliphatic hydroxyl groups is 1. The lowest BCUT2D eigenvalue weighted by molar-refractivity contribution is 0.0116. The van der Waals surface area contributed by atoms with Crippen LogP contribution >= 0.6 is 0 Å². The van der Waals surface area contributed by atoms with E-state index in [2.05, 4.69) is 11.5 Å². The number of amides is 1. The highest BCUT2D eigenvalue weighted by Crippen LogP contribution is 2.42. The fourth-order valence-electron chi connectivity index (χ4n) is 5.40. The minimum absolute atomic E-state index is 0.00188. The van der Waals surface area contributed by atoms with Crippen LogP contribution in [0.4, 0.5) is 8.78 Å². The molecule has 4 rings (SSSR count). The molecule has 0 bridgehead atoms. The molecule has 1 spiro atoms. The van der Waals surface area contributed by atoms with Crippen LogP contribution in [-0.4, -0.2) is 69.4 Å². The van der Waals surface area contributed by atoms with Gasteiger partial charge in [-0.15, -0.1) is 0 Å². The van der Waals surface area contributed by atoms with E-state index in [0.29, 0.717) is 57.1 Å². The summed E-state index contributed by atoms with van der Waals surface area (Å²) in [7, 11) is 2.01. The van der Waals surface area contributed by atoms with Gasteiger partial charge in [-0.2, -0.15) is 8.78 Å². The lowest BCUT2D eigenvalue weighted by Crippen LogP contribution is -2.56. The first-order valence-corrected chi connectivity index (χ1v) is 12.0. The van der Waals surface area contributed by atoms with E-state index >= 15 is 0 Å². The second-order valence-corrected chi connectivity index (χ2v) is 10.3. The Morgan fingerprint density at radius 2 is 1.69 bits per heavy atom. The minimum atomic E-state index is -3.61. The first-order chi connectivity index (χ1) is 16.4. The molecule has 2 aromatic rings. The first-order valence-electron chi connectivity index (χ1n) is 12.0. The summed E-state index contributed by atoms with van der Waals surface area (Å²) in [5, 5.41) is 10.0. The van der Waals surface area contributed by atoms with Crippen LogP contribution in [0.25, 0.3) is 0 Å². The molecule has 1 fully saturated rings. The van der Waals surface area contributed by atoms with Crippen molar-refractivity contribution in [3.63, 3.8) is 0 Å². The highest BCUT2D eigenvalue weighted by molar-refractivity contribution is 6.01. The fraction of sp³-hybridized carbons (Fsp3) is 0.481. The number of carbonyl (C=O) groups excluding carboxylic acids is 2. The van der Waals surface area contributed by atoms with E-state index in [1.165, 1.54) is 6.07 Å². The number of carbonyl (C=O) groups is 2. The molecule has 0 atom stereocenters. The molecular formula is C27H33F2N3O3. The first kappa shape index (κ1) is 25.3. The van der Waals surface area contributed by atoms with Crippen LogP contribution in [0.5, 0.6) is 0 Å². The summed E-state index contributed by atoms with van der Waals surface area (Å²) in [6, 6.07) is 10.6. The zero-order valence-electron chi connectivity index (χ0n) is 20.6. The zero-order valence-corrected chi connectivity index (χ0v) is 20.6. The summed E-state index contributed by atoms with van der Waals surface area (Å²) in [5.74, 6) is -4.90. The van der Waals surface area contributed by atoms with Gasteiger partial charge in [0.2, 0.25) is 0 Å². The van der Waals surface area contributed by atoms with Gasteiger partial charge in [-0.3, -0.25) is 14.5 Å². The van der Waals surface area contributed by atoms with Gasteiger partial charge >= 0.3 is 5.92 Å². The second-order valence-electron chi connectivity index (χ2n) is 10.3. The zero-order chi connectivity index (χ0) is 25.6. The number of aromatic nitrogens is 1. The SMILES string of the molecule is C=CC(F)(F)C(=O)c1ccc2n1CCN(C)C21CCN(C(=O)c2ccc(CC(C)(C)O)cc2)CC1. The predicted molar refractivity (Wildman–Crippen MR) is 130 cm³/mol. The highest BCUT2D eigenvalue weighted by atomic mass is 19.3. The maximum Gasteiger partial charge on any atom is 0.329 e. The highest BCUT2D eigenvalue weighted by Gasteiger charge is 2.47.